The lowest BCUT2D eigenvalue weighted by molar-refractivity contribution is 0.121. The Morgan fingerprint density at radius 2 is 2.00 bits per heavy atom. The zero-order valence-electron chi connectivity index (χ0n) is 10.9. The van der Waals surface area contributed by atoms with E-state index in [9.17, 15) is 0 Å². The highest BCUT2D eigenvalue weighted by Crippen LogP contribution is 2.19. The van der Waals surface area contributed by atoms with E-state index < -0.39 is 5.60 Å². The van der Waals surface area contributed by atoms with E-state index in [0.29, 0.717) is 32.3 Å². The van der Waals surface area contributed by atoms with E-state index >= 15 is 0 Å². The molecule has 0 atom stereocenters. The summed E-state index contributed by atoms with van der Waals surface area (Å²) >= 11 is 5.89. The van der Waals surface area contributed by atoms with E-state index in [-0.39, 0.29) is 11.3 Å². The maximum atomic E-state index is 5.89. The standard InChI is InChI=1S/C12H15ClN4O2/c1-4-12(2,3)19-11-15-9(13)14-10(16-11)17-5-7-18-8-6-17/h1H,5-8H2,2-3H3. The smallest absolute Gasteiger partial charge is 0.324 e. The van der Waals surface area contributed by atoms with Gasteiger partial charge in [0.2, 0.25) is 11.2 Å². The van der Waals surface area contributed by atoms with Gasteiger partial charge in [-0.15, -0.1) is 6.42 Å². The zero-order valence-corrected chi connectivity index (χ0v) is 11.6. The van der Waals surface area contributed by atoms with Crippen LogP contribution in [0, 0.1) is 12.3 Å². The fourth-order valence-corrected chi connectivity index (χ4v) is 1.68. The molecular formula is C12H15ClN4O2. The fraction of sp³-hybridized carbons (Fsp3) is 0.583. The first-order valence-corrected chi connectivity index (χ1v) is 6.29. The lowest BCUT2D eigenvalue weighted by Crippen LogP contribution is -2.37. The summed E-state index contributed by atoms with van der Waals surface area (Å²) in [7, 11) is 0. The van der Waals surface area contributed by atoms with E-state index in [4.69, 9.17) is 27.5 Å². The van der Waals surface area contributed by atoms with Crippen molar-refractivity contribution in [1.29, 1.82) is 0 Å². The first kappa shape index (κ1) is 13.8. The van der Waals surface area contributed by atoms with Crippen LogP contribution in [0.1, 0.15) is 13.8 Å². The van der Waals surface area contributed by atoms with Crippen LogP contribution in [0.5, 0.6) is 6.01 Å². The van der Waals surface area contributed by atoms with Crippen LogP contribution in [0.4, 0.5) is 5.95 Å². The second kappa shape index (κ2) is 5.59. The summed E-state index contributed by atoms with van der Waals surface area (Å²) in [6, 6.07) is 0.129. The number of hydrogen-bond acceptors (Lipinski definition) is 6. The number of aromatic nitrogens is 3. The molecule has 1 aliphatic heterocycles. The van der Waals surface area contributed by atoms with Crippen LogP contribution in [0.2, 0.25) is 5.28 Å². The van der Waals surface area contributed by atoms with E-state index in [2.05, 4.69) is 20.9 Å². The molecule has 0 saturated carbocycles. The Labute approximate surface area is 117 Å². The van der Waals surface area contributed by atoms with Crippen molar-refractivity contribution in [1.82, 2.24) is 15.0 Å². The fourth-order valence-electron chi connectivity index (χ4n) is 1.53. The van der Waals surface area contributed by atoms with Gasteiger partial charge in [-0.3, -0.25) is 0 Å². The van der Waals surface area contributed by atoms with Crippen molar-refractivity contribution in [3.8, 4) is 18.4 Å². The van der Waals surface area contributed by atoms with E-state index in [0.717, 1.165) is 0 Å². The second-order valence-corrected chi connectivity index (χ2v) is 4.88. The quantitative estimate of drug-likeness (QED) is 0.775. The van der Waals surface area contributed by atoms with Crippen molar-refractivity contribution < 1.29 is 9.47 Å². The molecule has 0 unspecified atom stereocenters. The molecular weight excluding hydrogens is 268 g/mol. The van der Waals surface area contributed by atoms with Gasteiger partial charge in [-0.05, 0) is 25.4 Å². The van der Waals surface area contributed by atoms with E-state index in [1.165, 1.54) is 0 Å². The molecule has 1 fully saturated rings. The molecule has 0 radical (unpaired) electrons. The third kappa shape index (κ3) is 3.69. The summed E-state index contributed by atoms with van der Waals surface area (Å²) < 4.78 is 10.8. The van der Waals surface area contributed by atoms with Crippen LogP contribution in [0.25, 0.3) is 0 Å². The summed E-state index contributed by atoms with van der Waals surface area (Å²) in [5.41, 5.74) is -0.799. The monoisotopic (exact) mass is 282 g/mol. The van der Waals surface area contributed by atoms with Gasteiger partial charge in [-0.1, -0.05) is 5.92 Å². The van der Waals surface area contributed by atoms with Gasteiger partial charge in [0, 0.05) is 13.1 Å². The molecule has 2 rings (SSSR count). The minimum atomic E-state index is -0.799. The van der Waals surface area contributed by atoms with Crippen LogP contribution in [0.3, 0.4) is 0 Å². The number of morpholine rings is 1. The lowest BCUT2D eigenvalue weighted by Gasteiger charge is -2.27. The molecule has 102 valence electrons. The molecule has 1 saturated heterocycles. The maximum Gasteiger partial charge on any atom is 0.324 e. The van der Waals surface area contributed by atoms with Gasteiger partial charge in [-0.25, -0.2) is 0 Å². The van der Waals surface area contributed by atoms with Crippen LogP contribution < -0.4 is 9.64 Å². The molecule has 0 bridgehead atoms. The highest BCUT2D eigenvalue weighted by atomic mass is 35.5. The molecule has 0 spiro atoms. The third-order valence-electron chi connectivity index (χ3n) is 2.56. The Balaban J connectivity index is 2.22. The van der Waals surface area contributed by atoms with Crippen LogP contribution >= 0.6 is 11.6 Å². The normalized spacial score (nSPS) is 16.0. The van der Waals surface area contributed by atoms with Gasteiger partial charge >= 0.3 is 6.01 Å². The van der Waals surface area contributed by atoms with Crippen molar-refractivity contribution in [2.75, 3.05) is 31.2 Å². The summed E-state index contributed by atoms with van der Waals surface area (Å²) in [5.74, 6) is 2.99. The molecule has 1 aromatic rings. The Morgan fingerprint density at radius 3 is 2.63 bits per heavy atom. The lowest BCUT2D eigenvalue weighted by atomic mass is 10.2. The largest absolute Gasteiger partial charge is 0.444 e. The molecule has 19 heavy (non-hydrogen) atoms. The van der Waals surface area contributed by atoms with Crippen molar-refractivity contribution in [2.45, 2.75) is 19.4 Å². The number of nitrogens with zero attached hydrogens (tertiary/aromatic N) is 4. The summed E-state index contributed by atoms with van der Waals surface area (Å²) in [5, 5.41) is 0.0827. The molecule has 0 aromatic carbocycles. The van der Waals surface area contributed by atoms with Gasteiger partial charge < -0.3 is 14.4 Å². The average Bonchev–Trinajstić information content (AvgIpc) is 2.38. The van der Waals surface area contributed by atoms with Crippen molar-refractivity contribution >= 4 is 17.5 Å². The predicted octanol–water partition coefficient (Wildman–Crippen LogP) is 1.15. The SMILES string of the molecule is C#CC(C)(C)Oc1nc(Cl)nc(N2CCOCC2)n1. The minimum Gasteiger partial charge on any atom is -0.444 e. The molecule has 2 heterocycles. The summed E-state index contributed by atoms with van der Waals surface area (Å²) in [6.45, 7) is 6.18. The predicted molar refractivity (Wildman–Crippen MR) is 71.4 cm³/mol. The van der Waals surface area contributed by atoms with Crippen molar-refractivity contribution in [3.63, 3.8) is 0 Å². The Kier molecular flexibility index (Phi) is 4.08. The highest BCUT2D eigenvalue weighted by molar-refractivity contribution is 6.28. The topological polar surface area (TPSA) is 60.4 Å². The summed E-state index contributed by atoms with van der Waals surface area (Å²) in [6.07, 6.45) is 5.37. The average molecular weight is 283 g/mol. The van der Waals surface area contributed by atoms with Crippen molar-refractivity contribution in [3.05, 3.63) is 5.28 Å². The van der Waals surface area contributed by atoms with Crippen molar-refractivity contribution in [2.24, 2.45) is 0 Å². The van der Waals surface area contributed by atoms with Crippen LogP contribution in [-0.2, 0) is 4.74 Å². The van der Waals surface area contributed by atoms with Gasteiger partial charge in [0.25, 0.3) is 0 Å². The zero-order chi connectivity index (χ0) is 13.9. The number of hydrogen-bond donors (Lipinski definition) is 0. The number of rotatable bonds is 3. The molecule has 7 heteroatoms. The summed E-state index contributed by atoms with van der Waals surface area (Å²) in [4.78, 5) is 14.2. The van der Waals surface area contributed by atoms with Gasteiger partial charge in [-0.2, -0.15) is 15.0 Å². The molecule has 0 aliphatic carbocycles. The first-order chi connectivity index (χ1) is 9.00. The third-order valence-corrected chi connectivity index (χ3v) is 2.73. The number of terminal acetylenes is 1. The molecule has 1 aliphatic rings. The maximum absolute atomic E-state index is 5.89. The van der Waals surface area contributed by atoms with Gasteiger partial charge in [0.15, 0.2) is 5.60 Å². The molecule has 1 aromatic heterocycles. The Bertz CT molecular complexity index is 495. The number of ether oxygens (including phenoxy) is 2. The number of anilines is 1. The molecule has 0 N–H and O–H groups in total. The highest BCUT2D eigenvalue weighted by Gasteiger charge is 2.21. The van der Waals surface area contributed by atoms with Crippen LogP contribution in [-0.4, -0.2) is 46.9 Å². The van der Waals surface area contributed by atoms with Gasteiger partial charge in [0.1, 0.15) is 0 Å². The van der Waals surface area contributed by atoms with E-state index in [1.54, 1.807) is 13.8 Å². The Hall–Kier alpha value is -1.58. The van der Waals surface area contributed by atoms with E-state index in [1.807, 2.05) is 4.90 Å². The Morgan fingerprint density at radius 1 is 1.32 bits per heavy atom. The van der Waals surface area contributed by atoms with Crippen LogP contribution in [0.15, 0.2) is 0 Å². The first-order valence-electron chi connectivity index (χ1n) is 5.91. The van der Waals surface area contributed by atoms with Gasteiger partial charge in [0.05, 0.1) is 13.2 Å². The minimum absolute atomic E-state index is 0.0827. The number of halogens is 1. The molecule has 0 amide bonds. The second-order valence-electron chi connectivity index (χ2n) is 4.54. The molecule has 6 nitrogen and oxygen atoms in total.